The van der Waals surface area contributed by atoms with Gasteiger partial charge in [0.15, 0.2) is 0 Å². The molecule has 0 aliphatic carbocycles. The van der Waals surface area contributed by atoms with Gasteiger partial charge in [0.25, 0.3) is 0 Å². The first-order chi connectivity index (χ1) is 10.9. The van der Waals surface area contributed by atoms with E-state index >= 15 is 0 Å². The zero-order valence-electron chi connectivity index (χ0n) is 16.0. The molecule has 0 rings (SSSR count). The van der Waals surface area contributed by atoms with Gasteiger partial charge in [0, 0.05) is 0 Å². The molecule has 0 N–H and O–H groups in total. The highest BCUT2D eigenvalue weighted by Gasteiger charge is 1.94. The van der Waals surface area contributed by atoms with Crippen molar-refractivity contribution >= 4 is 0 Å². The highest BCUT2D eigenvalue weighted by molar-refractivity contribution is 4.64. The van der Waals surface area contributed by atoms with Gasteiger partial charge in [-0.1, -0.05) is 136 Å². The van der Waals surface area contributed by atoms with Gasteiger partial charge in [-0.15, -0.1) is 0 Å². The standard InChI is InChI=1S/C22H45/c1-3-5-7-9-11-13-15-17-19-21-22-20-18-16-14-12-10-8-6-4-2/h11H,3-10,12-22H2,1-2H3. The van der Waals surface area contributed by atoms with Crippen molar-refractivity contribution in [2.24, 2.45) is 0 Å². The molecule has 0 aliphatic heterocycles. The summed E-state index contributed by atoms with van der Waals surface area (Å²) in [5.74, 6) is 0. The maximum absolute atomic E-state index is 2.52. The zero-order valence-corrected chi connectivity index (χ0v) is 16.0. The van der Waals surface area contributed by atoms with E-state index in [-0.39, 0.29) is 0 Å². The molecule has 1 radical (unpaired) electrons. The molecule has 0 saturated carbocycles. The summed E-state index contributed by atoms with van der Waals surface area (Å²) < 4.78 is 0. The van der Waals surface area contributed by atoms with Gasteiger partial charge < -0.3 is 0 Å². The van der Waals surface area contributed by atoms with Crippen molar-refractivity contribution in [3.8, 4) is 0 Å². The van der Waals surface area contributed by atoms with Gasteiger partial charge >= 0.3 is 0 Å². The molecule has 0 amide bonds. The van der Waals surface area contributed by atoms with Crippen LogP contribution in [0.5, 0.6) is 0 Å². The van der Waals surface area contributed by atoms with E-state index < -0.39 is 0 Å². The summed E-state index contributed by atoms with van der Waals surface area (Å²) in [7, 11) is 0. The van der Waals surface area contributed by atoms with E-state index in [0.717, 1.165) is 0 Å². The third-order valence-electron chi connectivity index (χ3n) is 4.77. The van der Waals surface area contributed by atoms with Crippen molar-refractivity contribution in [3.63, 3.8) is 0 Å². The number of unbranched alkanes of at least 4 members (excludes halogenated alkanes) is 19. The Morgan fingerprint density at radius 3 is 1.05 bits per heavy atom. The molecule has 0 aromatic rings. The summed E-state index contributed by atoms with van der Waals surface area (Å²) in [5, 5.41) is 0. The molecule has 0 aromatic carbocycles. The maximum Gasteiger partial charge on any atom is -0.0386 e. The second-order valence-corrected chi connectivity index (χ2v) is 7.17. The third-order valence-corrected chi connectivity index (χ3v) is 4.77. The van der Waals surface area contributed by atoms with Crippen LogP contribution < -0.4 is 0 Å². The molecule has 0 unspecified atom stereocenters. The Balaban J connectivity index is 2.91. The van der Waals surface area contributed by atoms with Crippen LogP contribution in [0.25, 0.3) is 0 Å². The van der Waals surface area contributed by atoms with E-state index in [4.69, 9.17) is 0 Å². The highest BCUT2D eigenvalue weighted by atomic mass is 14.0. The van der Waals surface area contributed by atoms with Crippen LogP contribution in [0.3, 0.4) is 0 Å². The lowest BCUT2D eigenvalue weighted by Crippen LogP contribution is -1.84. The predicted octanol–water partition coefficient (Wildman–Crippen LogP) is 8.64. The molecule has 22 heavy (non-hydrogen) atoms. The Kier molecular flexibility index (Phi) is 21.0. The van der Waals surface area contributed by atoms with Crippen LogP contribution in [0.1, 0.15) is 136 Å². The van der Waals surface area contributed by atoms with E-state index in [1.54, 1.807) is 0 Å². The fraction of sp³-hybridized carbons (Fsp3) is 0.955. The average Bonchev–Trinajstić information content (AvgIpc) is 2.54. The smallest absolute Gasteiger partial charge is 0.0386 e. The minimum atomic E-state index is 1.35. The normalized spacial score (nSPS) is 11.2. The minimum Gasteiger partial charge on any atom is -0.0654 e. The van der Waals surface area contributed by atoms with Gasteiger partial charge in [-0.3, -0.25) is 0 Å². The molecule has 0 nitrogen and oxygen atoms in total. The van der Waals surface area contributed by atoms with E-state index in [0.29, 0.717) is 0 Å². The number of hydrogen-bond acceptors (Lipinski definition) is 0. The molecule has 133 valence electrons. The Bertz CT molecular complexity index is 153. The molecule has 0 spiro atoms. The monoisotopic (exact) mass is 309 g/mol. The summed E-state index contributed by atoms with van der Waals surface area (Å²) in [6.07, 6.45) is 29.9. The molecular formula is C22H45. The molecule has 0 saturated heterocycles. The second-order valence-electron chi connectivity index (χ2n) is 7.17. The molecular weight excluding hydrogens is 264 g/mol. The van der Waals surface area contributed by atoms with Gasteiger partial charge in [0.2, 0.25) is 0 Å². The lowest BCUT2D eigenvalue weighted by atomic mass is 10.0. The Morgan fingerprint density at radius 2 is 0.636 bits per heavy atom. The summed E-state index contributed by atoms with van der Waals surface area (Å²) in [6.45, 7) is 4.58. The first-order valence-corrected chi connectivity index (χ1v) is 10.7. The first kappa shape index (κ1) is 22.0. The molecule has 0 bridgehead atoms. The molecule has 0 aliphatic rings. The second kappa shape index (κ2) is 21.0. The molecule has 0 aromatic heterocycles. The van der Waals surface area contributed by atoms with Crippen molar-refractivity contribution in [2.75, 3.05) is 0 Å². The fourth-order valence-corrected chi connectivity index (χ4v) is 3.17. The number of rotatable bonds is 19. The van der Waals surface area contributed by atoms with Crippen molar-refractivity contribution in [1.29, 1.82) is 0 Å². The van der Waals surface area contributed by atoms with Crippen LogP contribution in [0, 0.1) is 6.42 Å². The van der Waals surface area contributed by atoms with E-state index in [9.17, 15) is 0 Å². The van der Waals surface area contributed by atoms with Gasteiger partial charge in [0.1, 0.15) is 0 Å². The van der Waals surface area contributed by atoms with Crippen molar-refractivity contribution in [1.82, 2.24) is 0 Å². The van der Waals surface area contributed by atoms with Gasteiger partial charge in [0.05, 0.1) is 0 Å². The SMILES string of the molecule is CCCCC[CH]CCCCCCCCCCCCCCCC. The van der Waals surface area contributed by atoms with Gasteiger partial charge in [-0.25, -0.2) is 0 Å². The van der Waals surface area contributed by atoms with E-state index in [2.05, 4.69) is 20.3 Å². The van der Waals surface area contributed by atoms with Gasteiger partial charge in [-0.2, -0.15) is 0 Å². The predicted molar refractivity (Wildman–Crippen MR) is 103 cm³/mol. The van der Waals surface area contributed by atoms with E-state index in [1.165, 1.54) is 122 Å². The zero-order chi connectivity index (χ0) is 16.1. The summed E-state index contributed by atoms with van der Waals surface area (Å²) >= 11 is 0. The molecule has 0 fully saturated rings. The average molecular weight is 310 g/mol. The lowest BCUT2D eigenvalue weighted by Gasteiger charge is -2.03. The maximum atomic E-state index is 2.52. The Hall–Kier alpha value is 0. The molecule has 0 heteroatoms. The largest absolute Gasteiger partial charge is 0.0654 e. The van der Waals surface area contributed by atoms with Crippen LogP contribution in [0.4, 0.5) is 0 Å². The quantitative estimate of drug-likeness (QED) is 0.209. The Labute approximate surface area is 142 Å². The van der Waals surface area contributed by atoms with Crippen LogP contribution in [0.2, 0.25) is 0 Å². The van der Waals surface area contributed by atoms with Crippen LogP contribution >= 0.6 is 0 Å². The summed E-state index contributed by atoms with van der Waals surface area (Å²) in [4.78, 5) is 0. The van der Waals surface area contributed by atoms with Crippen LogP contribution in [-0.4, -0.2) is 0 Å². The molecule has 0 atom stereocenters. The van der Waals surface area contributed by atoms with Crippen LogP contribution in [0.15, 0.2) is 0 Å². The third kappa shape index (κ3) is 20.0. The minimum absolute atomic E-state index is 1.35. The summed E-state index contributed by atoms with van der Waals surface area (Å²) in [5.41, 5.74) is 0. The summed E-state index contributed by atoms with van der Waals surface area (Å²) in [6, 6.07) is 0. The van der Waals surface area contributed by atoms with Gasteiger partial charge in [-0.05, 0) is 6.42 Å². The topological polar surface area (TPSA) is 0 Å². The lowest BCUT2D eigenvalue weighted by molar-refractivity contribution is 0.534. The Morgan fingerprint density at radius 1 is 0.364 bits per heavy atom. The first-order valence-electron chi connectivity index (χ1n) is 10.7. The number of hydrogen-bond donors (Lipinski definition) is 0. The van der Waals surface area contributed by atoms with Crippen LogP contribution in [-0.2, 0) is 0 Å². The highest BCUT2D eigenvalue weighted by Crippen LogP contribution is 2.14. The van der Waals surface area contributed by atoms with Crippen molar-refractivity contribution < 1.29 is 0 Å². The fourth-order valence-electron chi connectivity index (χ4n) is 3.17. The van der Waals surface area contributed by atoms with Crippen molar-refractivity contribution in [3.05, 3.63) is 6.42 Å². The molecule has 0 heterocycles. The van der Waals surface area contributed by atoms with E-state index in [1.807, 2.05) is 0 Å². The van der Waals surface area contributed by atoms with Crippen molar-refractivity contribution in [2.45, 2.75) is 136 Å².